The van der Waals surface area contributed by atoms with E-state index in [4.69, 9.17) is 28.3 Å². The topological polar surface area (TPSA) is 92.2 Å². The maximum Gasteiger partial charge on any atom is 0.307 e. The molecule has 2 N–H and O–H groups in total. The van der Waals surface area contributed by atoms with Crippen molar-refractivity contribution in [1.82, 2.24) is 9.97 Å². The number of aliphatic carboxylic acids is 1. The van der Waals surface area contributed by atoms with E-state index in [0.29, 0.717) is 12.8 Å². The Morgan fingerprint density at radius 3 is 2.35 bits per heavy atom. The van der Waals surface area contributed by atoms with Crippen LogP contribution in [0.2, 0.25) is 10.3 Å². The summed E-state index contributed by atoms with van der Waals surface area (Å²) in [7, 11) is 0. The number of carbonyl (C=O) groups excluding carboxylic acids is 1. The lowest BCUT2D eigenvalue weighted by Gasteiger charge is -2.16. The molecule has 2 rings (SSSR count). The first-order valence-electron chi connectivity index (χ1n) is 6.09. The molecule has 0 aromatic carbocycles. The van der Waals surface area contributed by atoms with Crippen molar-refractivity contribution >= 4 is 40.8 Å². The second kappa shape index (κ2) is 5.93. The summed E-state index contributed by atoms with van der Waals surface area (Å²) in [6.45, 7) is 1.93. The van der Waals surface area contributed by atoms with Gasteiger partial charge >= 0.3 is 5.97 Å². The smallest absolute Gasteiger partial charge is 0.307 e. The number of nitrogens with zero attached hydrogens (tertiary/aromatic N) is 2. The van der Waals surface area contributed by atoms with E-state index in [2.05, 4.69) is 15.3 Å². The van der Waals surface area contributed by atoms with Crippen molar-refractivity contribution in [3.8, 4) is 0 Å². The minimum absolute atomic E-state index is 0.0243. The van der Waals surface area contributed by atoms with Crippen molar-refractivity contribution in [2.45, 2.75) is 19.8 Å². The van der Waals surface area contributed by atoms with E-state index in [9.17, 15) is 9.59 Å². The molecule has 0 spiro atoms. The minimum Gasteiger partial charge on any atom is -0.481 e. The maximum absolute atomic E-state index is 12.2. The van der Waals surface area contributed by atoms with Crippen molar-refractivity contribution < 1.29 is 14.7 Å². The van der Waals surface area contributed by atoms with Gasteiger partial charge < -0.3 is 10.4 Å². The number of amides is 1. The number of anilines is 1. The van der Waals surface area contributed by atoms with Crippen LogP contribution in [0.15, 0.2) is 6.33 Å². The van der Waals surface area contributed by atoms with Gasteiger partial charge in [0.1, 0.15) is 12.0 Å². The molecule has 20 heavy (non-hydrogen) atoms. The maximum atomic E-state index is 12.2. The minimum atomic E-state index is -0.962. The second-order valence-corrected chi connectivity index (χ2v) is 5.66. The summed E-state index contributed by atoms with van der Waals surface area (Å²) in [6.07, 6.45) is 2.18. The highest BCUT2D eigenvalue weighted by molar-refractivity contribution is 6.38. The van der Waals surface area contributed by atoms with Gasteiger partial charge in [-0.1, -0.05) is 30.1 Å². The lowest BCUT2D eigenvalue weighted by atomic mass is 9.95. The van der Waals surface area contributed by atoms with Crippen LogP contribution in [0.5, 0.6) is 0 Å². The summed E-state index contributed by atoms with van der Waals surface area (Å²) in [4.78, 5) is 30.9. The molecule has 1 unspecified atom stereocenters. The zero-order chi connectivity index (χ0) is 14.9. The van der Waals surface area contributed by atoms with Gasteiger partial charge in [0.15, 0.2) is 10.3 Å². The highest BCUT2D eigenvalue weighted by Gasteiger charge is 2.41. The third kappa shape index (κ3) is 3.02. The molecule has 1 aliphatic carbocycles. The monoisotopic (exact) mass is 317 g/mol. The molecule has 1 aliphatic rings. The Balaban J connectivity index is 2.18. The van der Waals surface area contributed by atoms with Crippen LogP contribution in [-0.2, 0) is 9.59 Å². The van der Waals surface area contributed by atoms with Gasteiger partial charge in [-0.3, -0.25) is 9.59 Å². The predicted molar refractivity (Wildman–Crippen MR) is 73.7 cm³/mol. The van der Waals surface area contributed by atoms with Crippen LogP contribution in [0, 0.1) is 17.8 Å². The van der Waals surface area contributed by atoms with Crippen LogP contribution in [-0.4, -0.2) is 27.0 Å². The average molecular weight is 318 g/mol. The number of halogens is 2. The Morgan fingerprint density at radius 1 is 1.25 bits per heavy atom. The van der Waals surface area contributed by atoms with E-state index in [1.165, 1.54) is 6.33 Å². The molecular weight excluding hydrogens is 305 g/mol. The van der Waals surface area contributed by atoms with Gasteiger partial charge in [-0.2, -0.15) is 0 Å². The molecule has 1 saturated carbocycles. The SMILES string of the molecule is CC1C[C@H](C(=O)Nc2c(Cl)ncnc2Cl)[C@H](C(=O)O)C1. The number of carbonyl (C=O) groups is 2. The predicted octanol–water partition coefficient (Wildman–Crippen LogP) is 2.47. The molecule has 8 heteroatoms. The van der Waals surface area contributed by atoms with E-state index < -0.39 is 23.7 Å². The molecule has 1 aromatic heterocycles. The largest absolute Gasteiger partial charge is 0.481 e. The molecular formula is C12H13Cl2N3O3. The zero-order valence-electron chi connectivity index (χ0n) is 10.6. The first kappa shape index (κ1) is 15.0. The summed E-state index contributed by atoms with van der Waals surface area (Å²) in [5, 5.41) is 11.8. The highest BCUT2D eigenvalue weighted by Crippen LogP contribution is 2.38. The van der Waals surface area contributed by atoms with Gasteiger partial charge in [-0.05, 0) is 18.8 Å². The average Bonchev–Trinajstić information content (AvgIpc) is 2.76. The van der Waals surface area contributed by atoms with Crippen LogP contribution in [0.25, 0.3) is 0 Å². The fourth-order valence-electron chi connectivity index (χ4n) is 2.52. The number of nitrogens with one attached hydrogen (secondary N) is 1. The first-order chi connectivity index (χ1) is 9.40. The molecule has 0 saturated heterocycles. The number of aromatic nitrogens is 2. The lowest BCUT2D eigenvalue weighted by Crippen LogP contribution is -2.30. The zero-order valence-corrected chi connectivity index (χ0v) is 12.1. The van der Waals surface area contributed by atoms with Crippen molar-refractivity contribution in [2.75, 3.05) is 5.32 Å². The summed E-state index contributed by atoms with van der Waals surface area (Å²) in [5.41, 5.74) is 0.115. The van der Waals surface area contributed by atoms with Crippen molar-refractivity contribution in [1.29, 1.82) is 0 Å². The molecule has 1 fully saturated rings. The van der Waals surface area contributed by atoms with Crippen LogP contribution >= 0.6 is 23.2 Å². The quantitative estimate of drug-likeness (QED) is 0.835. The van der Waals surface area contributed by atoms with Crippen LogP contribution in [0.4, 0.5) is 5.69 Å². The molecule has 0 radical (unpaired) electrons. The number of rotatable bonds is 3. The van der Waals surface area contributed by atoms with E-state index in [-0.39, 0.29) is 21.9 Å². The summed E-state index contributed by atoms with van der Waals surface area (Å²) >= 11 is 11.7. The van der Waals surface area contributed by atoms with E-state index in [1.54, 1.807) is 0 Å². The Bertz CT molecular complexity index is 532. The van der Waals surface area contributed by atoms with Crippen molar-refractivity contribution in [3.05, 3.63) is 16.6 Å². The molecule has 6 nitrogen and oxygen atoms in total. The third-order valence-corrected chi connectivity index (χ3v) is 4.03. The molecule has 1 aromatic rings. The lowest BCUT2D eigenvalue weighted by molar-refractivity contribution is -0.145. The molecule has 0 aliphatic heterocycles. The molecule has 108 valence electrons. The van der Waals surface area contributed by atoms with Crippen LogP contribution in [0.1, 0.15) is 19.8 Å². The number of carboxylic acid groups (broad SMARTS) is 1. The van der Waals surface area contributed by atoms with Gasteiger partial charge in [-0.15, -0.1) is 0 Å². The highest BCUT2D eigenvalue weighted by atomic mass is 35.5. The van der Waals surface area contributed by atoms with Gasteiger partial charge in [0.05, 0.1) is 11.8 Å². The summed E-state index contributed by atoms with van der Waals surface area (Å²) < 4.78 is 0. The van der Waals surface area contributed by atoms with Crippen molar-refractivity contribution in [2.24, 2.45) is 17.8 Å². The fraction of sp³-hybridized carbons (Fsp3) is 0.500. The number of hydrogen-bond donors (Lipinski definition) is 2. The van der Waals surface area contributed by atoms with Gasteiger partial charge in [0, 0.05) is 0 Å². The van der Waals surface area contributed by atoms with Gasteiger partial charge in [-0.25, -0.2) is 9.97 Å². The Labute approximate surface area is 125 Å². The van der Waals surface area contributed by atoms with Crippen LogP contribution < -0.4 is 5.32 Å². The van der Waals surface area contributed by atoms with E-state index in [1.807, 2.05) is 6.92 Å². The van der Waals surface area contributed by atoms with E-state index in [0.717, 1.165) is 0 Å². The standard InChI is InChI=1S/C12H13Cl2N3O3/c1-5-2-6(7(3-5)12(19)20)11(18)17-8-9(13)15-4-16-10(8)14/h4-7H,2-3H2,1H3,(H,17,18)(H,19,20)/t5?,6-,7+/m0/s1. The molecule has 0 bridgehead atoms. The molecule has 1 heterocycles. The Morgan fingerprint density at radius 2 is 1.80 bits per heavy atom. The van der Waals surface area contributed by atoms with Crippen molar-refractivity contribution in [3.63, 3.8) is 0 Å². The molecule has 1 amide bonds. The Hall–Kier alpha value is -1.40. The third-order valence-electron chi connectivity index (χ3n) is 3.46. The number of hydrogen-bond acceptors (Lipinski definition) is 4. The normalized spacial score (nSPS) is 25.4. The van der Waals surface area contributed by atoms with Crippen LogP contribution in [0.3, 0.4) is 0 Å². The second-order valence-electron chi connectivity index (χ2n) is 4.95. The van der Waals surface area contributed by atoms with Gasteiger partial charge in [0.25, 0.3) is 0 Å². The Kier molecular flexibility index (Phi) is 4.45. The van der Waals surface area contributed by atoms with E-state index >= 15 is 0 Å². The summed E-state index contributed by atoms with van der Waals surface area (Å²) in [6, 6.07) is 0. The fourth-order valence-corrected chi connectivity index (χ4v) is 2.93. The molecule has 3 atom stereocenters. The first-order valence-corrected chi connectivity index (χ1v) is 6.85. The summed E-state index contributed by atoms with van der Waals surface area (Å²) in [5.74, 6) is -2.48. The number of carboxylic acids is 1. The van der Waals surface area contributed by atoms with Gasteiger partial charge in [0.2, 0.25) is 5.91 Å².